The standard InChI is InChI=1S/C11H15NO2/c1-11(2,12)10(13)14-8-9-6-4-3-5-7-9/h3-7H,8,12H2,1-2H3. The molecule has 3 heteroatoms. The van der Waals surface area contributed by atoms with Crippen LogP contribution in [0.1, 0.15) is 19.4 Å². The van der Waals surface area contributed by atoms with E-state index in [0.717, 1.165) is 5.56 Å². The average Bonchev–Trinajstić information content (AvgIpc) is 2.14. The molecule has 1 rings (SSSR count). The van der Waals surface area contributed by atoms with E-state index in [0.29, 0.717) is 0 Å². The highest BCUT2D eigenvalue weighted by Gasteiger charge is 2.23. The lowest BCUT2D eigenvalue weighted by Crippen LogP contribution is -2.42. The lowest BCUT2D eigenvalue weighted by Gasteiger charge is -2.16. The fourth-order valence-electron chi connectivity index (χ4n) is 0.909. The largest absolute Gasteiger partial charge is 0.459 e. The minimum absolute atomic E-state index is 0.278. The van der Waals surface area contributed by atoms with Gasteiger partial charge in [0.1, 0.15) is 12.1 Å². The minimum atomic E-state index is -0.922. The van der Waals surface area contributed by atoms with E-state index in [1.54, 1.807) is 13.8 Å². The fraction of sp³-hybridized carbons (Fsp3) is 0.364. The Balaban J connectivity index is 2.46. The van der Waals surface area contributed by atoms with Crippen LogP contribution >= 0.6 is 0 Å². The van der Waals surface area contributed by atoms with Crippen molar-refractivity contribution in [1.29, 1.82) is 0 Å². The summed E-state index contributed by atoms with van der Waals surface area (Å²) in [5, 5.41) is 0. The number of hydrogen-bond acceptors (Lipinski definition) is 3. The van der Waals surface area contributed by atoms with Crippen molar-refractivity contribution in [3.05, 3.63) is 35.9 Å². The lowest BCUT2D eigenvalue weighted by molar-refractivity contribution is -0.150. The summed E-state index contributed by atoms with van der Waals surface area (Å²) in [5.74, 6) is -0.388. The van der Waals surface area contributed by atoms with E-state index < -0.39 is 5.54 Å². The van der Waals surface area contributed by atoms with Gasteiger partial charge in [-0.3, -0.25) is 4.79 Å². The predicted octanol–water partition coefficient (Wildman–Crippen LogP) is 1.47. The van der Waals surface area contributed by atoms with Crippen molar-refractivity contribution in [2.24, 2.45) is 5.73 Å². The third-order valence-corrected chi connectivity index (χ3v) is 1.74. The molecule has 0 aromatic heterocycles. The van der Waals surface area contributed by atoms with E-state index in [1.807, 2.05) is 30.3 Å². The maximum atomic E-state index is 11.3. The van der Waals surface area contributed by atoms with Crippen molar-refractivity contribution in [3.8, 4) is 0 Å². The third kappa shape index (κ3) is 3.18. The molecule has 0 aliphatic rings. The summed E-state index contributed by atoms with van der Waals surface area (Å²) in [6.07, 6.45) is 0. The first-order valence-electron chi connectivity index (χ1n) is 4.50. The first-order chi connectivity index (χ1) is 6.50. The Hall–Kier alpha value is -1.35. The number of nitrogens with two attached hydrogens (primary N) is 1. The van der Waals surface area contributed by atoms with Gasteiger partial charge in [-0.1, -0.05) is 30.3 Å². The number of esters is 1. The van der Waals surface area contributed by atoms with Gasteiger partial charge in [-0.05, 0) is 19.4 Å². The van der Waals surface area contributed by atoms with Gasteiger partial charge in [-0.2, -0.15) is 0 Å². The predicted molar refractivity (Wildman–Crippen MR) is 54.5 cm³/mol. The Morgan fingerprint density at radius 2 is 1.93 bits per heavy atom. The van der Waals surface area contributed by atoms with Gasteiger partial charge in [0.2, 0.25) is 0 Å². The highest BCUT2D eigenvalue weighted by molar-refractivity contribution is 5.79. The van der Waals surface area contributed by atoms with Crippen LogP contribution in [0.4, 0.5) is 0 Å². The highest BCUT2D eigenvalue weighted by atomic mass is 16.5. The Bertz CT molecular complexity index is 301. The van der Waals surface area contributed by atoms with Crippen molar-refractivity contribution >= 4 is 5.97 Å². The summed E-state index contributed by atoms with van der Waals surface area (Å²) in [6.45, 7) is 3.53. The Labute approximate surface area is 83.9 Å². The molecular formula is C11H15NO2. The van der Waals surface area contributed by atoms with Crippen LogP contribution in [-0.4, -0.2) is 11.5 Å². The second-order valence-corrected chi connectivity index (χ2v) is 3.78. The molecule has 0 spiro atoms. The normalized spacial score (nSPS) is 11.1. The SMILES string of the molecule is CC(C)(N)C(=O)OCc1ccccc1. The van der Waals surface area contributed by atoms with Crippen LogP contribution in [-0.2, 0) is 16.1 Å². The van der Waals surface area contributed by atoms with Crippen LogP contribution in [0.25, 0.3) is 0 Å². The number of carbonyl (C=O) groups excluding carboxylic acids is 1. The van der Waals surface area contributed by atoms with E-state index in [4.69, 9.17) is 10.5 Å². The third-order valence-electron chi connectivity index (χ3n) is 1.74. The Morgan fingerprint density at radius 1 is 1.36 bits per heavy atom. The van der Waals surface area contributed by atoms with Gasteiger partial charge in [-0.15, -0.1) is 0 Å². The second kappa shape index (κ2) is 4.24. The summed E-state index contributed by atoms with van der Waals surface area (Å²) < 4.78 is 5.03. The molecule has 0 amide bonds. The highest BCUT2D eigenvalue weighted by Crippen LogP contribution is 2.05. The number of hydrogen-bond donors (Lipinski definition) is 1. The van der Waals surface area contributed by atoms with Crippen LogP contribution < -0.4 is 5.73 Å². The van der Waals surface area contributed by atoms with Gasteiger partial charge in [-0.25, -0.2) is 0 Å². The van der Waals surface area contributed by atoms with Crippen molar-refractivity contribution < 1.29 is 9.53 Å². The zero-order valence-electron chi connectivity index (χ0n) is 8.49. The molecular weight excluding hydrogens is 178 g/mol. The summed E-state index contributed by atoms with van der Waals surface area (Å²) in [6, 6.07) is 9.51. The number of ether oxygens (including phenoxy) is 1. The van der Waals surface area contributed by atoms with Gasteiger partial charge < -0.3 is 10.5 Å². The summed E-state index contributed by atoms with van der Waals surface area (Å²) in [7, 11) is 0. The van der Waals surface area contributed by atoms with E-state index in [9.17, 15) is 4.79 Å². The topological polar surface area (TPSA) is 52.3 Å². The zero-order chi connectivity index (χ0) is 10.6. The molecule has 0 saturated heterocycles. The van der Waals surface area contributed by atoms with Crippen LogP contribution in [0, 0.1) is 0 Å². The Kier molecular flexibility index (Phi) is 3.25. The van der Waals surface area contributed by atoms with Gasteiger partial charge in [0.25, 0.3) is 0 Å². The lowest BCUT2D eigenvalue weighted by atomic mass is 10.1. The monoisotopic (exact) mass is 193 g/mol. The van der Waals surface area contributed by atoms with Gasteiger partial charge >= 0.3 is 5.97 Å². The number of benzene rings is 1. The quantitative estimate of drug-likeness (QED) is 0.739. The fourth-order valence-corrected chi connectivity index (χ4v) is 0.909. The minimum Gasteiger partial charge on any atom is -0.459 e. The van der Waals surface area contributed by atoms with E-state index >= 15 is 0 Å². The van der Waals surface area contributed by atoms with E-state index in [1.165, 1.54) is 0 Å². The molecule has 1 aromatic rings. The van der Waals surface area contributed by atoms with Crippen LogP contribution in [0.3, 0.4) is 0 Å². The molecule has 0 aliphatic carbocycles. The first kappa shape index (κ1) is 10.7. The van der Waals surface area contributed by atoms with Crippen molar-refractivity contribution in [2.75, 3.05) is 0 Å². The van der Waals surface area contributed by atoms with E-state index in [-0.39, 0.29) is 12.6 Å². The van der Waals surface area contributed by atoms with Crippen LogP contribution in [0.5, 0.6) is 0 Å². The molecule has 1 aromatic carbocycles. The molecule has 2 N–H and O–H groups in total. The molecule has 0 bridgehead atoms. The molecule has 76 valence electrons. The van der Waals surface area contributed by atoms with Crippen molar-refractivity contribution in [2.45, 2.75) is 26.0 Å². The van der Waals surface area contributed by atoms with Crippen LogP contribution in [0.15, 0.2) is 30.3 Å². The smallest absolute Gasteiger partial charge is 0.325 e. The Morgan fingerprint density at radius 3 is 2.43 bits per heavy atom. The zero-order valence-corrected chi connectivity index (χ0v) is 8.49. The van der Waals surface area contributed by atoms with Gasteiger partial charge in [0.05, 0.1) is 0 Å². The molecule has 0 heterocycles. The number of rotatable bonds is 3. The summed E-state index contributed by atoms with van der Waals surface area (Å²) in [4.78, 5) is 11.3. The van der Waals surface area contributed by atoms with Gasteiger partial charge in [0.15, 0.2) is 0 Å². The molecule has 0 fully saturated rings. The van der Waals surface area contributed by atoms with E-state index in [2.05, 4.69) is 0 Å². The molecule has 0 atom stereocenters. The second-order valence-electron chi connectivity index (χ2n) is 3.78. The molecule has 0 aliphatic heterocycles. The number of carbonyl (C=O) groups is 1. The van der Waals surface area contributed by atoms with Crippen molar-refractivity contribution in [1.82, 2.24) is 0 Å². The summed E-state index contributed by atoms with van der Waals surface area (Å²) in [5.41, 5.74) is 5.61. The molecule has 3 nitrogen and oxygen atoms in total. The average molecular weight is 193 g/mol. The summed E-state index contributed by atoms with van der Waals surface area (Å²) >= 11 is 0. The van der Waals surface area contributed by atoms with Crippen molar-refractivity contribution in [3.63, 3.8) is 0 Å². The molecule has 0 radical (unpaired) electrons. The van der Waals surface area contributed by atoms with Crippen LogP contribution in [0.2, 0.25) is 0 Å². The molecule has 14 heavy (non-hydrogen) atoms. The maximum Gasteiger partial charge on any atom is 0.325 e. The molecule has 0 unspecified atom stereocenters. The molecule has 0 saturated carbocycles. The first-order valence-corrected chi connectivity index (χ1v) is 4.50. The van der Waals surface area contributed by atoms with Gasteiger partial charge in [0, 0.05) is 0 Å². The maximum absolute atomic E-state index is 11.3.